The fraction of sp³-hybridized carbons (Fsp3) is 0.417. The summed E-state index contributed by atoms with van der Waals surface area (Å²) in [7, 11) is 1.43. The smallest absolute Gasteiger partial charge is 0.165 e. The van der Waals surface area contributed by atoms with E-state index in [2.05, 4.69) is 5.16 Å². The fourth-order valence-electron chi connectivity index (χ4n) is 1.66. The molecule has 2 rings (SSSR count). The summed E-state index contributed by atoms with van der Waals surface area (Å²) in [6.45, 7) is 1.85. The Hall–Kier alpha value is -1.29. The van der Waals surface area contributed by atoms with E-state index in [1.54, 1.807) is 12.1 Å². The average Bonchev–Trinajstić information content (AvgIpc) is 2.78. The van der Waals surface area contributed by atoms with Crippen LogP contribution in [0.2, 0.25) is 0 Å². The summed E-state index contributed by atoms with van der Waals surface area (Å²) in [5.41, 5.74) is 1.41. The van der Waals surface area contributed by atoms with Crippen LogP contribution in [0.5, 0.6) is 5.75 Å². The van der Waals surface area contributed by atoms with Crippen molar-refractivity contribution in [3.05, 3.63) is 29.6 Å². The zero-order chi connectivity index (χ0) is 12.4. The highest BCUT2D eigenvalue weighted by Gasteiger charge is 2.26. The maximum absolute atomic E-state index is 13.5. The summed E-state index contributed by atoms with van der Waals surface area (Å²) in [5.74, 6) is -0.189. The molecule has 2 atom stereocenters. The van der Waals surface area contributed by atoms with Crippen molar-refractivity contribution in [1.29, 1.82) is 0 Å². The van der Waals surface area contributed by atoms with Crippen molar-refractivity contribution in [2.75, 3.05) is 7.11 Å². The van der Waals surface area contributed by atoms with E-state index in [1.165, 1.54) is 13.2 Å². The summed E-state index contributed by atoms with van der Waals surface area (Å²) in [5, 5.41) is 3.80. The molecule has 1 aliphatic rings. The van der Waals surface area contributed by atoms with Gasteiger partial charge in [0, 0.05) is 12.0 Å². The van der Waals surface area contributed by atoms with E-state index in [9.17, 15) is 4.39 Å². The van der Waals surface area contributed by atoms with Crippen LogP contribution in [0.25, 0.3) is 0 Å². The van der Waals surface area contributed by atoms with Crippen molar-refractivity contribution in [3.8, 4) is 5.75 Å². The monoisotopic (exact) mass is 257 g/mol. The van der Waals surface area contributed by atoms with Gasteiger partial charge < -0.3 is 9.57 Å². The van der Waals surface area contributed by atoms with Gasteiger partial charge in [0.1, 0.15) is 6.10 Å². The molecule has 92 valence electrons. The molecule has 0 spiro atoms. The van der Waals surface area contributed by atoms with Crippen LogP contribution in [0.4, 0.5) is 4.39 Å². The van der Waals surface area contributed by atoms with Crippen molar-refractivity contribution in [1.82, 2.24) is 0 Å². The lowest BCUT2D eigenvalue weighted by atomic mass is 10.0. The Balaban J connectivity index is 2.17. The summed E-state index contributed by atoms with van der Waals surface area (Å²) in [6, 6.07) is 4.72. The lowest BCUT2D eigenvalue weighted by molar-refractivity contribution is 0.0855. The van der Waals surface area contributed by atoms with Gasteiger partial charge in [-0.25, -0.2) is 4.39 Å². The lowest BCUT2D eigenvalue weighted by Crippen LogP contribution is -2.18. The van der Waals surface area contributed by atoms with E-state index in [4.69, 9.17) is 21.2 Å². The summed E-state index contributed by atoms with van der Waals surface area (Å²) < 4.78 is 18.4. The van der Waals surface area contributed by atoms with Crippen LogP contribution in [0.3, 0.4) is 0 Å². The summed E-state index contributed by atoms with van der Waals surface area (Å²) in [4.78, 5) is 5.18. The molecule has 0 fully saturated rings. The van der Waals surface area contributed by atoms with Crippen molar-refractivity contribution in [2.45, 2.75) is 24.8 Å². The molecule has 0 saturated carbocycles. The van der Waals surface area contributed by atoms with Crippen LogP contribution in [0, 0.1) is 5.82 Å². The maximum Gasteiger partial charge on any atom is 0.165 e. The summed E-state index contributed by atoms with van der Waals surface area (Å²) in [6.07, 6.45) is 0.452. The number of alkyl halides is 1. The normalized spacial score (nSPS) is 20.7. The van der Waals surface area contributed by atoms with Gasteiger partial charge in [-0.2, -0.15) is 0 Å². The zero-order valence-corrected chi connectivity index (χ0v) is 10.4. The number of rotatable bonds is 3. The molecule has 1 aliphatic heterocycles. The second-order valence-corrected chi connectivity index (χ2v) is 4.60. The maximum atomic E-state index is 13.5. The molecule has 17 heavy (non-hydrogen) atoms. The molecule has 1 aromatic rings. The van der Waals surface area contributed by atoms with E-state index in [-0.39, 0.29) is 17.2 Å². The van der Waals surface area contributed by atoms with Crippen molar-refractivity contribution < 1.29 is 14.0 Å². The van der Waals surface area contributed by atoms with Crippen molar-refractivity contribution >= 4 is 17.3 Å². The molecular formula is C12H13ClFNO2. The van der Waals surface area contributed by atoms with Gasteiger partial charge in [0.25, 0.3) is 0 Å². The number of methoxy groups -OCH3 is 1. The first kappa shape index (κ1) is 12.2. The van der Waals surface area contributed by atoms with E-state index < -0.39 is 5.82 Å². The molecule has 0 bridgehead atoms. The molecule has 3 nitrogen and oxygen atoms in total. The van der Waals surface area contributed by atoms with Crippen LogP contribution in [0.15, 0.2) is 23.4 Å². The third-order valence-electron chi connectivity index (χ3n) is 2.69. The van der Waals surface area contributed by atoms with Crippen molar-refractivity contribution in [2.24, 2.45) is 5.16 Å². The van der Waals surface area contributed by atoms with Gasteiger partial charge in [0.15, 0.2) is 11.6 Å². The van der Waals surface area contributed by atoms with Crippen LogP contribution in [-0.2, 0) is 4.84 Å². The molecule has 5 heteroatoms. The quantitative estimate of drug-likeness (QED) is 0.780. The van der Waals surface area contributed by atoms with Crippen LogP contribution < -0.4 is 4.74 Å². The first-order valence-electron chi connectivity index (χ1n) is 5.32. The molecule has 2 unspecified atom stereocenters. The Labute approximate surface area is 104 Å². The standard InChI is InChI=1S/C12H13ClFNO2/c1-7(13)12-6-10(15-17-12)8-3-4-11(16-2)9(14)5-8/h3-5,7,12H,6H2,1-2H3. The van der Waals surface area contributed by atoms with Gasteiger partial charge in [-0.05, 0) is 25.1 Å². The third kappa shape index (κ3) is 2.52. The van der Waals surface area contributed by atoms with Gasteiger partial charge in [0.2, 0.25) is 0 Å². The number of benzene rings is 1. The van der Waals surface area contributed by atoms with Gasteiger partial charge in [-0.3, -0.25) is 0 Å². The molecular weight excluding hydrogens is 245 g/mol. The Morgan fingerprint density at radius 1 is 1.59 bits per heavy atom. The van der Waals surface area contributed by atoms with Crippen molar-refractivity contribution in [3.63, 3.8) is 0 Å². The Morgan fingerprint density at radius 2 is 2.35 bits per heavy atom. The highest BCUT2D eigenvalue weighted by atomic mass is 35.5. The summed E-state index contributed by atoms with van der Waals surface area (Å²) >= 11 is 5.92. The number of hydrogen-bond acceptors (Lipinski definition) is 3. The van der Waals surface area contributed by atoms with E-state index in [1.807, 2.05) is 6.92 Å². The van der Waals surface area contributed by atoms with E-state index in [0.717, 1.165) is 0 Å². The topological polar surface area (TPSA) is 30.8 Å². The highest BCUT2D eigenvalue weighted by molar-refractivity contribution is 6.21. The molecule has 0 amide bonds. The minimum Gasteiger partial charge on any atom is -0.494 e. The minimum atomic E-state index is -0.407. The van der Waals surface area contributed by atoms with Crippen LogP contribution >= 0.6 is 11.6 Å². The SMILES string of the molecule is COc1ccc(C2=NOC(C(C)Cl)C2)cc1F. The lowest BCUT2D eigenvalue weighted by Gasteiger charge is -2.09. The Morgan fingerprint density at radius 3 is 2.88 bits per heavy atom. The largest absolute Gasteiger partial charge is 0.494 e. The third-order valence-corrected chi connectivity index (χ3v) is 2.97. The number of nitrogens with zero attached hydrogens (tertiary/aromatic N) is 1. The zero-order valence-electron chi connectivity index (χ0n) is 9.61. The van der Waals surface area contributed by atoms with Gasteiger partial charge in [0.05, 0.1) is 18.2 Å². The fourth-order valence-corrected chi connectivity index (χ4v) is 1.79. The number of ether oxygens (including phenoxy) is 1. The van der Waals surface area contributed by atoms with Gasteiger partial charge >= 0.3 is 0 Å². The second kappa shape index (κ2) is 4.92. The number of oxime groups is 1. The predicted octanol–water partition coefficient (Wildman–Crippen LogP) is 2.95. The molecule has 1 heterocycles. The predicted molar refractivity (Wildman–Crippen MR) is 64.3 cm³/mol. The molecule has 0 aliphatic carbocycles. The minimum absolute atomic E-state index is 0.126. The first-order chi connectivity index (χ1) is 8.11. The second-order valence-electron chi connectivity index (χ2n) is 3.91. The van der Waals surface area contributed by atoms with E-state index in [0.29, 0.717) is 17.7 Å². The molecule has 0 N–H and O–H groups in total. The van der Waals surface area contributed by atoms with Gasteiger partial charge in [-0.15, -0.1) is 11.6 Å². The molecule has 0 aromatic heterocycles. The van der Waals surface area contributed by atoms with Crippen LogP contribution in [0.1, 0.15) is 18.9 Å². The number of hydrogen-bond donors (Lipinski definition) is 0. The van der Waals surface area contributed by atoms with Gasteiger partial charge in [-0.1, -0.05) is 5.16 Å². The average molecular weight is 258 g/mol. The Kier molecular flexibility index (Phi) is 3.52. The molecule has 1 aromatic carbocycles. The van der Waals surface area contributed by atoms with Crippen LogP contribution in [-0.4, -0.2) is 24.3 Å². The highest BCUT2D eigenvalue weighted by Crippen LogP contribution is 2.24. The molecule has 0 saturated heterocycles. The number of halogens is 2. The molecule has 0 radical (unpaired) electrons. The first-order valence-corrected chi connectivity index (χ1v) is 5.76. The Bertz CT molecular complexity index is 448. The van der Waals surface area contributed by atoms with E-state index >= 15 is 0 Å².